The van der Waals surface area contributed by atoms with Crippen molar-refractivity contribution in [1.29, 1.82) is 0 Å². The average Bonchev–Trinajstić information content (AvgIpc) is 3.04. The molecular formula is C25H27ClN2O. The van der Waals surface area contributed by atoms with Crippen molar-refractivity contribution in [2.45, 2.75) is 33.2 Å². The van der Waals surface area contributed by atoms with Crippen molar-refractivity contribution in [2.24, 2.45) is 5.92 Å². The number of rotatable bonds is 4. The van der Waals surface area contributed by atoms with Crippen LogP contribution in [-0.2, 0) is 6.54 Å². The highest BCUT2D eigenvalue weighted by Crippen LogP contribution is 2.32. The van der Waals surface area contributed by atoms with Crippen LogP contribution < -0.4 is 0 Å². The van der Waals surface area contributed by atoms with Crippen molar-refractivity contribution >= 4 is 17.5 Å². The van der Waals surface area contributed by atoms with E-state index in [9.17, 15) is 4.79 Å². The maximum Gasteiger partial charge on any atom is 0.271 e. The van der Waals surface area contributed by atoms with Crippen LogP contribution in [0.15, 0.2) is 60.8 Å². The van der Waals surface area contributed by atoms with E-state index in [1.807, 2.05) is 47.4 Å². The number of carbonyl (C=O) groups excluding carboxylic acids is 1. The van der Waals surface area contributed by atoms with E-state index < -0.39 is 0 Å². The van der Waals surface area contributed by atoms with Gasteiger partial charge in [-0.2, -0.15) is 0 Å². The number of likely N-dealkylation sites (tertiary alicyclic amines) is 1. The molecule has 1 fully saturated rings. The smallest absolute Gasteiger partial charge is 0.271 e. The summed E-state index contributed by atoms with van der Waals surface area (Å²) in [4.78, 5) is 15.7. The van der Waals surface area contributed by atoms with Gasteiger partial charge in [-0.15, -0.1) is 0 Å². The fraction of sp³-hybridized carbons (Fsp3) is 0.320. The minimum atomic E-state index is 0.130. The average molecular weight is 407 g/mol. The summed E-state index contributed by atoms with van der Waals surface area (Å²) >= 11 is 6.11. The van der Waals surface area contributed by atoms with Crippen molar-refractivity contribution < 1.29 is 4.79 Å². The maximum atomic E-state index is 13.7. The van der Waals surface area contributed by atoms with Crippen molar-refractivity contribution in [3.8, 4) is 11.1 Å². The first-order valence-corrected chi connectivity index (χ1v) is 10.7. The van der Waals surface area contributed by atoms with Crippen molar-refractivity contribution in [3.05, 3.63) is 82.6 Å². The molecule has 4 rings (SSSR count). The standard InChI is InChI=1S/C25H27ClN2O/c1-18-7-6-14-27(15-18)25(29)24-23(21-10-12-22(26)13-11-21)19(2)16-28(24)17-20-8-4-3-5-9-20/h3-5,8-13,16,18H,6-7,14-15,17H2,1-2H3. The number of halogens is 1. The fourth-order valence-electron chi connectivity index (χ4n) is 4.33. The molecule has 3 nitrogen and oxygen atoms in total. The van der Waals surface area contributed by atoms with Gasteiger partial charge < -0.3 is 9.47 Å². The molecule has 0 N–H and O–H groups in total. The monoisotopic (exact) mass is 406 g/mol. The number of piperidine rings is 1. The van der Waals surface area contributed by atoms with Gasteiger partial charge in [0.1, 0.15) is 5.69 Å². The number of nitrogens with zero attached hydrogens (tertiary/aromatic N) is 2. The van der Waals surface area contributed by atoms with E-state index in [1.54, 1.807) is 0 Å². The van der Waals surface area contributed by atoms with E-state index in [0.717, 1.165) is 41.9 Å². The molecule has 1 saturated heterocycles. The SMILES string of the molecule is Cc1cn(Cc2ccccc2)c(C(=O)N2CCCC(C)C2)c1-c1ccc(Cl)cc1. The zero-order chi connectivity index (χ0) is 20.4. The molecule has 0 aliphatic carbocycles. The largest absolute Gasteiger partial charge is 0.338 e. The second-order valence-electron chi connectivity index (χ2n) is 8.15. The number of carbonyl (C=O) groups is 1. The van der Waals surface area contributed by atoms with Gasteiger partial charge in [-0.1, -0.05) is 61.0 Å². The molecule has 0 radical (unpaired) electrons. The van der Waals surface area contributed by atoms with E-state index >= 15 is 0 Å². The Hall–Kier alpha value is -2.52. The number of benzene rings is 2. The lowest BCUT2D eigenvalue weighted by atomic mass is 9.98. The molecule has 2 heterocycles. The summed E-state index contributed by atoms with van der Waals surface area (Å²) < 4.78 is 2.12. The van der Waals surface area contributed by atoms with Crippen molar-refractivity contribution in [3.63, 3.8) is 0 Å². The number of hydrogen-bond donors (Lipinski definition) is 0. The molecule has 1 unspecified atom stereocenters. The highest BCUT2D eigenvalue weighted by Gasteiger charge is 2.28. The van der Waals surface area contributed by atoms with Gasteiger partial charge in [-0.3, -0.25) is 4.79 Å². The second-order valence-corrected chi connectivity index (χ2v) is 8.59. The van der Waals surface area contributed by atoms with E-state index in [1.165, 1.54) is 12.0 Å². The molecule has 1 amide bonds. The fourth-order valence-corrected chi connectivity index (χ4v) is 4.46. The van der Waals surface area contributed by atoms with Gasteiger partial charge in [-0.25, -0.2) is 0 Å². The first kappa shape index (κ1) is 19.8. The molecule has 0 bridgehead atoms. The molecule has 0 spiro atoms. The van der Waals surface area contributed by atoms with E-state index in [4.69, 9.17) is 11.6 Å². The Kier molecular flexibility index (Phi) is 5.77. The molecular weight excluding hydrogens is 380 g/mol. The summed E-state index contributed by atoms with van der Waals surface area (Å²) in [5.41, 5.74) is 5.12. The Bertz CT molecular complexity index is 992. The topological polar surface area (TPSA) is 25.2 Å². The highest BCUT2D eigenvalue weighted by molar-refractivity contribution is 6.30. The van der Waals surface area contributed by atoms with Crippen LogP contribution in [0.5, 0.6) is 0 Å². The van der Waals surface area contributed by atoms with E-state index in [-0.39, 0.29) is 5.91 Å². The molecule has 0 saturated carbocycles. The lowest BCUT2D eigenvalue weighted by Crippen LogP contribution is -2.40. The van der Waals surface area contributed by atoms with Crippen LogP contribution in [0, 0.1) is 12.8 Å². The summed E-state index contributed by atoms with van der Waals surface area (Å²) in [6.07, 6.45) is 4.37. The lowest BCUT2D eigenvalue weighted by Gasteiger charge is -2.31. The van der Waals surface area contributed by atoms with Crippen LogP contribution in [0.25, 0.3) is 11.1 Å². The normalized spacial score (nSPS) is 16.8. The number of aryl methyl sites for hydroxylation is 1. The van der Waals surface area contributed by atoms with Crippen LogP contribution in [0.1, 0.15) is 41.4 Å². The summed E-state index contributed by atoms with van der Waals surface area (Å²) in [5, 5.41) is 0.702. The van der Waals surface area contributed by atoms with Gasteiger partial charge in [0.25, 0.3) is 5.91 Å². The van der Waals surface area contributed by atoms with E-state index in [0.29, 0.717) is 17.5 Å². The van der Waals surface area contributed by atoms with Crippen LogP contribution in [0.2, 0.25) is 5.02 Å². The Labute approximate surface area is 177 Å². The third-order valence-corrected chi connectivity index (χ3v) is 6.00. The molecule has 150 valence electrons. The first-order valence-electron chi connectivity index (χ1n) is 10.3. The molecule has 2 aromatic carbocycles. The third-order valence-electron chi connectivity index (χ3n) is 5.74. The van der Waals surface area contributed by atoms with Gasteiger partial charge in [0.2, 0.25) is 0 Å². The maximum absolute atomic E-state index is 13.7. The van der Waals surface area contributed by atoms with Crippen molar-refractivity contribution in [1.82, 2.24) is 9.47 Å². The lowest BCUT2D eigenvalue weighted by molar-refractivity contribution is 0.0673. The Balaban J connectivity index is 1.80. The Morgan fingerprint density at radius 2 is 1.83 bits per heavy atom. The molecule has 1 aliphatic rings. The predicted molar refractivity (Wildman–Crippen MR) is 119 cm³/mol. The second kappa shape index (κ2) is 8.46. The molecule has 1 aromatic heterocycles. The highest BCUT2D eigenvalue weighted by atomic mass is 35.5. The van der Waals surface area contributed by atoms with Gasteiger partial charge >= 0.3 is 0 Å². The zero-order valence-corrected chi connectivity index (χ0v) is 17.8. The Morgan fingerprint density at radius 1 is 1.10 bits per heavy atom. The first-order chi connectivity index (χ1) is 14.0. The summed E-state index contributed by atoms with van der Waals surface area (Å²) in [6, 6.07) is 18.1. The van der Waals surface area contributed by atoms with Crippen LogP contribution in [-0.4, -0.2) is 28.5 Å². The predicted octanol–water partition coefficient (Wildman–Crippen LogP) is 6.04. The zero-order valence-electron chi connectivity index (χ0n) is 17.1. The van der Waals surface area contributed by atoms with Crippen LogP contribution in [0.3, 0.4) is 0 Å². The quantitative estimate of drug-likeness (QED) is 0.518. The number of hydrogen-bond acceptors (Lipinski definition) is 1. The molecule has 4 heteroatoms. The van der Waals surface area contributed by atoms with Gasteiger partial charge in [-0.05, 0) is 54.5 Å². The minimum absolute atomic E-state index is 0.130. The number of amides is 1. The molecule has 3 aromatic rings. The minimum Gasteiger partial charge on any atom is -0.338 e. The Morgan fingerprint density at radius 3 is 2.52 bits per heavy atom. The van der Waals surface area contributed by atoms with Crippen LogP contribution in [0.4, 0.5) is 0 Å². The van der Waals surface area contributed by atoms with Crippen molar-refractivity contribution in [2.75, 3.05) is 13.1 Å². The number of aromatic nitrogens is 1. The summed E-state index contributed by atoms with van der Waals surface area (Å²) in [5.74, 6) is 0.677. The van der Waals surface area contributed by atoms with E-state index in [2.05, 4.69) is 36.7 Å². The third kappa shape index (κ3) is 4.25. The van der Waals surface area contributed by atoms with Gasteiger partial charge in [0.15, 0.2) is 0 Å². The van der Waals surface area contributed by atoms with Gasteiger partial charge in [0, 0.05) is 36.4 Å². The molecule has 1 atom stereocenters. The summed E-state index contributed by atoms with van der Waals surface area (Å²) in [7, 11) is 0. The van der Waals surface area contributed by atoms with Gasteiger partial charge in [0.05, 0.1) is 0 Å². The molecule has 29 heavy (non-hydrogen) atoms. The summed E-state index contributed by atoms with van der Waals surface area (Å²) in [6.45, 7) is 6.65. The molecule has 1 aliphatic heterocycles. The van der Waals surface area contributed by atoms with Crippen LogP contribution >= 0.6 is 11.6 Å².